The van der Waals surface area contributed by atoms with Crippen LogP contribution in [0.2, 0.25) is 0 Å². The molecule has 0 aliphatic rings. The second-order valence-corrected chi connectivity index (χ2v) is 2.65. The fourth-order valence-electron chi connectivity index (χ4n) is 0.617. The molecule has 0 rings (SSSR count). The number of hydrogen-bond donors (Lipinski definition) is 0. The average Bonchev–Trinajstić information content (AvgIpc) is 2.32. The Hall–Kier alpha value is -2.12. The second-order valence-electron chi connectivity index (χ2n) is 2.65. The second kappa shape index (κ2) is 8.08. The fourth-order valence-corrected chi connectivity index (χ4v) is 0.617. The van der Waals surface area contributed by atoms with Crippen LogP contribution < -0.4 is 0 Å². The third-order valence-electron chi connectivity index (χ3n) is 1.45. The molecule has 0 amide bonds. The van der Waals surface area contributed by atoms with Gasteiger partial charge in [-0.2, -0.15) is 0 Å². The SMILES string of the molecule is COC(=O)COC(=O)CC(=O)OCC(=O)OC.[2HH]. The Morgan fingerprint density at radius 1 is 0.765 bits per heavy atom. The van der Waals surface area contributed by atoms with E-state index in [-0.39, 0.29) is 1.43 Å². The molecule has 0 heterocycles. The highest BCUT2D eigenvalue weighted by molar-refractivity contribution is 5.92. The van der Waals surface area contributed by atoms with E-state index in [2.05, 4.69) is 18.9 Å². The number of hydrogen-bond acceptors (Lipinski definition) is 8. The van der Waals surface area contributed by atoms with Crippen LogP contribution in [-0.2, 0) is 38.1 Å². The molecule has 0 atom stereocenters. The van der Waals surface area contributed by atoms with Gasteiger partial charge in [-0.25, -0.2) is 9.59 Å². The van der Waals surface area contributed by atoms with Gasteiger partial charge in [0.1, 0.15) is 6.42 Å². The maximum atomic E-state index is 10.9. The highest BCUT2D eigenvalue weighted by Gasteiger charge is 2.15. The number of esters is 4. The Morgan fingerprint density at radius 2 is 1.12 bits per heavy atom. The minimum atomic E-state index is -0.953. The summed E-state index contributed by atoms with van der Waals surface area (Å²) in [5, 5.41) is 0. The summed E-state index contributed by atoms with van der Waals surface area (Å²) in [6, 6.07) is 0. The van der Waals surface area contributed by atoms with Gasteiger partial charge in [0, 0.05) is 1.43 Å². The van der Waals surface area contributed by atoms with E-state index < -0.39 is 43.5 Å². The lowest BCUT2D eigenvalue weighted by Gasteiger charge is -2.04. The predicted molar refractivity (Wildman–Crippen MR) is 52.7 cm³/mol. The van der Waals surface area contributed by atoms with Crippen molar-refractivity contribution in [3.05, 3.63) is 0 Å². The molecule has 8 heteroatoms. The van der Waals surface area contributed by atoms with Crippen molar-refractivity contribution in [2.75, 3.05) is 27.4 Å². The van der Waals surface area contributed by atoms with Crippen LogP contribution in [0.3, 0.4) is 0 Å². The number of methoxy groups -OCH3 is 2. The molecule has 0 aromatic carbocycles. The van der Waals surface area contributed by atoms with Crippen LogP contribution >= 0.6 is 0 Å². The molecule has 0 saturated carbocycles. The molecular formula is C9H14O8. The molecule has 0 bridgehead atoms. The number of carbonyl (C=O) groups is 4. The van der Waals surface area contributed by atoms with Crippen LogP contribution in [-0.4, -0.2) is 51.3 Å². The molecule has 8 nitrogen and oxygen atoms in total. The minimum absolute atomic E-state index is 0. The predicted octanol–water partition coefficient (Wildman–Crippen LogP) is -0.945. The van der Waals surface area contributed by atoms with Crippen molar-refractivity contribution in [2.45, 2.75) is 6.42 Å². The molecule has 0 aromatic heterocycles. The first-order chi connectivity index (χ1) is 7.99. The lowest BCUT2D eigenvalue weighted by Crippen LogP contribution is -2.20. The molecule has 98 valence electrons. The summed E-state index contributed by atoms with van der Waals surface area (Å²) < 4.78 is 17.1. The van der Waals surface area contributed by atoms with E-state index in [1.54, 1.807) is 0 Å². The summed E-state index contributed by atoms with van der Waals surface area (Å²) in [6.45, 7) is -1.17. The first kappa shape index (κ1) is 14.9. The molecule has 17 heavy (non-hydrogen) atoms. The van der Waals surface area contributed by atoms with Gasteiger partial charge >= 0.3 is 23.9 Å². The zero-order valence-corrected chi connectivity index (χ0v) is 9.39. The Bertz CT molecular complexity index is 284. The molecule has 0 unspecified atom stereocenters. The van der Waals surface area contributed by atoms with Crippen LogP contribution in [0.15, 0.2) is 0 Å². The minimum Gasteiger partial charge on any atom is -0.466 e. The third kappa shape index (κ3) is 7.77. The van der Waals surface area contributed by atoms with E-state index in [1.807, 2.05) is 0 Å². The van der Waals surface area contributed by atoms with Crippen molar-refractivity contribution < 1.29 is 39.6 Å². The first-order valence-corrected chi connectivity index (χ1v) is 4.44. The van der Waals surface area contributed by atoms with E-state index in [4.69, 9.17) is 0 Å². The van der Waals surface area contributed by atoms with Gasteiger partial charge in [0.05, 0.1) is 14.2 Å². The molecular weight excluding hydrogens is 236 g/mol. The van der Waals surface area contributed by atoms with Gasteiger partial charge in [0.25, 0.3) is 0 Å². The average molecular weight is 251 g/mol. The van der Waals surface area contributed by atoms with Gasteiger partial charge in [-0.1, -0.05) is 0 Å². The number of ether oxygens (including phenoxy) is 4. The zero-order chi connectivity index (χ0) is 13.3. The quantitative estimate of drug-likeness (QED) is 0.338. The van der Waals surface area contributed by atoms with Crippen LogP contribution in [0, 0.1) is 0 Å². The fraction of sp³-hybridized carbons (Fsp3) is 0.556. The Kier molecular flexibility index (Phi) is 7.07. The van der Waals surface area contributed by atoms with Crippen molar-refractivity contribution in [1.29, 1.82) is 0 Å². The van der Waals surface area contributed by atoms with E-state index >= 15 is 0 Å². The summed E-state index contributed by atoms with van der Waals surface area (Å²) in [5.41, 5.74) is 0. The molecule has 0 aliphatic carbocycles. The van der Waals surface area contributed by atoms with E-state index in [0.717, 1.165) is 14.2 Å². The zero-order valence-electron chi connectivity index (χ0n) is 9.39. The van der Waals surface area contributed by atoms with Crippen molar-refractivity contribution in [2.24, 2.45) is 0 Å². The van der Waals surface area contributed by atoms with Crippen molar-refractivity contribution in [1.82, 2.24) is 0 Å². The number of carbonyl (C=O) groups excluding carboxylic acids is 4. The normalized spacial score (nSPS) is 9.06. The summed E-state index contributed by atoms with van der Waals surface area (Å²) in [4.78, 5) is 43.0. The molecule has 0 aromatic rings. The lowest BCUT2D eigenvalue weighted by atomic mass is 10.4. The summed E-state index contributed by atoms with van der Waals surface area (Å²) in [7, 11) is 2.25. The van der Waals surface area contributed by atoms with Gasteiger partial charge < -0.3 is 18.9 Å². The van der Waals surface area contributed by atoms with Crippen LogP contribution in [0.25, 0.3) is 0 Å². The van der Waals surface area contributed by atoms with Crippen molar-refractivity contribution in [3.63, 3.8) is 0 Å². The van der Waals surface area contributed by atoms with Gasteiger partial charge in [-0.3, -0.25) is 9.59 Å². The standard InChI is InChI=1S/C9H12O8.H2/c1-14-8(12)4-16-6(10)3-7(11)17-5-9(13)15-2;/h3-5H2,1-2H3;1H/i;1+1. The van der Waals surface area contributed by atoms with Crippen LogP contribution in [0.1, 0.15) is 7.85 Å². The summed E-state index contributed by atoms with van der Waals surface area (Å²) in [6.07, 6.45) is -0.700. The molecule has 0 aliphatic heterocycles. The van der Waals surface area contributed by atoms with Gasteiger partial charge in [-0.15, -0.1) is 0 Å². The molecule has 0 N–H and O–H groups in total. The number of rotatable bonds is 6. The molecule has 0 saturated heterocycles. The first-order valence-electron chi connectivity index (χ1n) is 4.44. The Labute approximate surface area is 98.2 Å². The lowest BCUT2D eigenvalue weighted by molar-refractivity contribution is -0.164. The molecule has 0 fully saturated rings. The summed E-state index contributed by atoms with van der Waals surface area (Å²) >= 11 is 0. The Balaban J connectivity index is 0. The smallest absolute Gasteiger partial charge is 0.344 e. The molecule has 0 spiro atoms. The van der Waals surface area contributed by atoms with Gasteiger partial charge in [0.2, 0.25) is 0 Å². The highest BCUT2D eigenvalue weighted by Crippen LogP contribution is 1.92. The molecule has 0 radical (unpaired) electrons. The largest absolute Gasteiger partial charge is 0.466 e. The topological polar surface area (TPSA) is 105 Å². The Morgan fingerprint density at radius 3 is 1.41 bits per heavy atom. The van der Waals surface area contributed by atoms with Crippen molar-refractivity contribution in [3.8, 4) is 0 Å². The maximum Gasteiger partial charge on any atom is 0.344 e. The van der Waals surface area contributed by atoms with Crippen LogP contribution in [0.4, 0.5) is 0 Å². The van der Waals surface area contributed by atoms with Gasteiger partial charge in [-0.05, 0) is 0 Å². The third-order valence-corrected chi connectivity index (χ3v) is 1.45. The van der Waals surface area contributed by atoms with Crippen molar-refractivity contribution >= 4 is 23.9 Å². The van der Waals surface area contributed by atoms with E-state index in [0.29, 0.717) is 0 Å². The van der Waals surface area contributed by atoms with E-state index in [9.17, 15) is 19.2 Å². The monoisotopic (exact) mass is 251 g/mol. The highest BCUT2D eigenvalue weighted by atomic mass is 16.6. The van der Waals surface area contributed by atoms with Gasteiger partial charge in [0.15, 0.2) is 13.2 Å². The summed E-state index contributed by atoms with van der Waals surface area (Å²) in [5.74, 6) is -3.40. The van der Waals surface area contributed by atoms with E-state index in [1.165, 1.54) is 0 Å². The van der Waals surface area contributed by atoms with Crippen LogP contribution in [0.5, 0.6) is 0 Å². The maximum absolute atomic E-state index is 10.9.